The summed E-state index contributed by atoms with van der Waals surface area (Å²) >= 11 is 0. The number of nitrogens with one attached hydrogen (secondary N) is 1. The van der Waals surface area contributed by atoms with Gasteiger partial charge in [0.05, 0.1) is 17.6 Å². The summed E-state index contributed by atoms with van der Waals surface area (Å²) in [6.45, 7) is 2.74. The van der Waals surface area contributed by atoms with E-state index >= 15 is 0 Å². The minimum absolute atomic E-state index is 0.725. The molecule has 17 heavy (non-hydrogen) atoms. The zero-order chi connectivity index (χ0) is 12.3. The third-order valence-corrected chi connectivity index (χ3v) is 2.60. The highest BCUT2D eigenvalue weighted by molar-refractivity contribution is 5.49. The van der Waals surface area contributed by atoms with E-state index in [1.54, 1.807) is 4.68 Å². The molecule has 3 N–H and O–H groups in total. The van der Waals surface area contributed by atoms with Gasteiger partial charge in [-0.2, -0.15) is 5.10 Å². The van der Waals surface area contributed by atoms with Crippen molar-refractivity contribution in [3.05, 3.63) is 35.8 Å². The van der Waals surface area contributed by atoms with E-state index in [1.165, 1.54) is 5.56 Å². The maximum absolute atomic E-state index is 5.71. The molecule has 0 atom stereocenters. The zero-order valence-corrected chi connectivity index (χ0v) is 10.1. The predicted octanol–water partition coefficient (Wildman–Crippen LogP) is 1.36. The van der Waals surface area contributed by atoms with E-state index in [9.17, 15) is 0 Å². The fourth-order valence-electron chi connectivity index (χ4n) is 1.61. The Kier molecular flexibility index (Phi) is 3.27. The monoisotopic (exact) mass is 231 g/mol. The first kappa shape index (κ1) is 11.4. The van der Waals surface area contributed by atoms with Gasteiger partial charge < -0.3 is 11.1 Å². The normalized spacial score (nSPS) is 10.5. The van der Waals surface area contributed by atoms with Gasteiger partial charge in [-0.15, -0.1) is 0 Å². The molecule has 0 unspecified atom stereocenters. The van der Waals surface area contributed by atoms with E-state index in [0.29, 0.717) is 0 Å². The Hall–Kier alpha value is -2.04. The molecule has 0 aromatic carbocycles. The lowest BCUT2D eigenvalue weighted by Crippen LogP contribution is -2.07. The summed E-state index contributed by atoms with van der Waals surface area (Å²) in [6, 6.07) is 3.76. The number of anilines is 2. The van der Waals surface area contributed by atoms with Crippen molar-refractivity contribution < 1.29 is 0 Å². The highest BCUT2D eigenvalue weighted by atomic mass is 15.2. The van der Waals surface area contributed by atoms with Crippen LogP contribution in [-0.4, -0.2) is 21.3 Å². The Morgan fingerprint density at radius 1 is 1.41 bits per heavy atom. The van der Waals surface area contributed by atoms with Crippen molar-refractivity contribution in [3.63, 3.8) is 0 Å². The van der Waals surface area contributed by atoms with Gasteiger partial charge in [0, 0.05) is 19.8 Å². The molecule has 90 valence electrons. The minimum atomic E-state index is 0.725. The van der Waals surface area contributed by atoms with Crippen LogP contribution in [0.2, 0.25) is 0 Å². The number of pyridine rings is 1. The number of hydrogen-bond donors (Lipinski definition) is 2. The largest absolute Gasteiger partial charge is 0.397 e. The summed E-state index contributed by atoms with van der Waals surface area (Å²) in [6.07, 6.45) is 4.83. The van der Waals surface area contributed by atoms with Crippen LogP contribution in [0.4, 0.5) is 11.5 Å². The Morgan fingerprint density at radius 3 is 2.88 bits per heavy atom. The highest BCUT2D eigenvalue weighted by Gasteiger charge is 1.99. The molecule has 5 heteroatoms. The zero-order valence-electron chi connectivity index (χ0n) is 10.1. The third-order valence-electron chi connectivity index (χ3n) is 2.60. The van der Waals surface area contributed by atoms with Gasteiger partial charge in [0.1, 0.15) is 5.82 Å². The van der Waals surface area contributed by atoms with Crippen LogP contribution in [0.15, 0.2) is 24.5 Å². The SMILES string of the molecule is Cc1nc(NCCc2cnn(C)c2)ccc1N. The summed E-state index contributed by atoms with van der Waals surface area (Å²) in [5, 5.41) is 7.39. The Labute approximate surface area is 101 Å². The van der Waals surface area contributed by atoms with Crippen molar-refractivity contribution >= 4 is 11.5 Å². The molecule has 0 saturated heterocycles. The molecular weight excluding hydrogens is 214 g/mol. The lowest BCUT2D eigenvalue weighted by Gasteiger charge is -2.06. The molecule has 0 aliphatic carbocycles. The van der Waals surface area contributed by atoms with Gasteiger partial charge in [0.25, 0.3) is 0 Å². The Bertz CT molecular complexity index is 503. The van der Waals surface area contributed by atoms with Crippen LogP contribution in [0.5, 0.6) is 0 Å². The van der Waals surface area contributed by atoms with Crippen LogP contribution in [0.3, 0.4) is 0 Å². The predicted molar refractivity (Wildman–Crippen MR) is 68.8 cm³/mol. The molecule has 0 saturated carbocycles. The molecule has 0 aliphatic heterocycles. The van der Waals surface area contributed by atoms with E-state index in [1.807, 2.05) is 38.5 Å². The van der Waals surface area contributed by atoms with Gasteiger partial charge in [0.2, 0.25) is 0 Å². The van der Waals surface area contributed by atoms with E-state index in [-0.39, 0.29) is 0 Å². The van der Waals surface area contributed by atoms with Gasteiger partial charge in [0.15, 0.2) is 0 Å². The van der Waals surface area contributed by atoms with Gasteiger partial charge in [-0.05, 0) is 31.0 Å². The van der Waals surface area contributed by atoms with Gasteiger partial charge in [-0.3, -0.25) is 4.68 Å². The molecule has 2 rings (SSSR count). The van der Waals surface area contributed by atoms with Crippen LogP contribution in [-0.2, 0) is 13.5 Å². The standard InChI is InChI=1S/C12H17N5/c1-9-11(13)3-4-12(16-9)14-6-5-10-7-15-17(2)8-10/h3-4,7-8H,5-6,13H2,1-2H3,(H,14,16). The molecule has 0 fully saturated rings. The first-order valence-electron chi connectivity index (χ1n) is 5.59. The number of nitrogen functional groups attached to an aromatic ring is 1. The van der Waals surface area contributed by atoms with Crippen molar-refractivity contribution in [1.29, 1.82) is 0 Å². The van der Waals surface area contributed by atoms with Gasteiger partial charge in [-0.25, -0.2) is 4.98 Å². The van der Waals surface area contributed by atoms with Crippen molar-refractivity contribution in [1.82, 2.24) is 14.8 Å². The topological polar surface area (TPSA) is 68.8 Å². The maximum Gasteiger partial charge on any atom is 0.126 e. The van der Waals surface area contributed by atoms with E-state index in [2.05, 4.69) is 15.4 Å². The molecular formula is C12H17N5. The van der Waals surface area contributed by atoms with Crippen LogP contribution in [0, 0.1) is 6.92 Å². The first-order chi connectivity index (χ1) is 8.15. The maximum atomic E-state index is 5.71. The summed E-state index contributed by atoms with van der Waals surface area (Å²) in [5.74, 6) is 0.862. The van der Waals surface area contributed by atoms with E-state index < -0.39 is 0 Å². The number of nitrogens with zero attached hydrogens (tertiary/aromatic N) is 3. The van der Waals surface area contributed by atoms with Crippen molar-refractivity contribution in [2.45, 2.75) is 13.3 Å². The molecule has 2 aromatic rings. The molecule has 0 aliphatic rings. The fraction of sp³-hybridized carbons (Fsp3) is 0.333. The summed E-state index contributed by atoms with van der Waals surface area (Å²) < 4.78 is 1.81. The van der Waals surface area contributed by atoms with Crippen LogP contribution >= 0.6 is 0 Å². The quantitative estimate of drug-likeness (QED) is 0.833. The van der Waals surface area contributed by atoms with Gasteiger partial charge >= 0.3 is 0 Å². The molecule has 0 spiro atoms. The number of hydrogen-bond acceptors (Lipinski definition) is 4. The Balaban J connectivity index is 1.87. The van der Waals surface area contributed by atoms with Crippen molar-refractivity contribution in [2.24, 2.45) is 7.05 Å². The number of nitrogens with two attached hydrogens (primary N) is 1. The number of aryl methyl sites for hydroxylation is 2. The minimum Gasteiger partial charge on any atom is -0.397 e. The number of rotatable bonds is 4. The first-order valence-corrected chi connectivity index (χ1v) is 5.59. The molecule has 2 aromatic heterocycles. The van der Waals surface area contributed by atoms with Crippen molar-refractivity contribution in [2.75, 3.05) is 17.6 Å². The molecule has 0 amide bonds. The summed E-state index contributed by atoms with van der Waals surface area (Å²) in [5.41, 5.74) is 8.51. The van der Waals surface area contributed by atoms with E-state index in [0.717, 1.165) is 30.2 Å². The number of aromatic nitrogens is 3. The average Bonchev–Trinajstić information content (AvgIpc) is 2.70. The molecule has 2 heterocycles. The van der Waals surface area contributed by atoms with Gasteiger partial charge in [-0.1, -0.05) is 0 Å². The Morgan fingerprint density at radius 2 is 2.24 bits per heavy atom. The highest BCUT2D eigenvalue weighted by Crippen LogP contribution is 2.11. The summed E-state index contributed by atoms with van der Waals surface area (Å²) in [7, 11) is 1.92. The average molecular weight is 231 g/mol. The fourth-order valence-corrected chi connectivity index (χ4v) is 1.61. The van der Waals surface area contributed by atoms with Crippen molar-refractivity contribution in [3.8, 4) is 0 Å². The smallest absolute Gasteiger partial charge is 0.126 e. The molecule has 0 bridgehead atoms. The molecule has 5 nitrogen and oxygen atoms in total. The van der Waals surface area contributed by atoms with Crippen LogP contribution in [0.25, 0.3) is 0 Å². The summed E-state index contributed by atoms with van der Waals surface area (Å²) in [4.78, 5) is 4.35. The second-order valence-electron chi connectivity index (χ2n) is 4.07. The lowest BCUT2D eigenvalue weighted by molar-refractivity contribution is 0.767. The molecule has 0 radical (unpaired) electrons. The van der Waals surface area contributed by atoms with E-state index in [4.69, 9.17) is 5.73 Å². The second kappa shape index (κ2) is 4.86. The third kappa shape index (κ3) is 2.96. The van der Waals surface area contributed by atoms with Crippen LogP contribution < -0.4 is 11.1 Å². The second-order valence-corrected chi connectivity index (χ2v) is 4.07. The van der Waals surface area contributed by atoms with Crippen LogP contribution in [0.1, 0.15) is 11.3 Å². The lowest BCUT2D eigenvalue weighted by atomic mass is 10.2.